The van der Waals surface area contributed by atoms with Gasteiger partial charge in [0, 0.05) is 0 Å². The van der Waals surface area contributed by atoms with E-state index in [-0.39, 0.29) is 25.5 Å². The Hall–Kier alpha value is -2.97. The third-order valence-electron chi connectivity index (χ3n) is 2.87. The van der Waals surface area contributed by atoms with Crippen LogP contribution in [-0.2, 0) is 19.6 Å². The molecule has 22 heavy (non-hydrogen) atoms. The van der Waals surface area contributed by atoms with Crippen LogP contribution in [0.25, 0.3) is 0 Å². The van der Waals surface area contributed by atoms with Crippen LogP contribution in [0.5, 0.6) is 0 Å². The molecule has 2 heterocycles. The fourth-order valence-corrected chi connectivity index (χ4v) is 1.93. The number of nitrogens with zero attached hydrogens (tertiary/aromatic N) is 5. The van der Waals surface area contributed by atoms with Crippen molar-refractivity contribution in [3.8, 4) is 0 Å². The minimum Gasteiger partial charge on any atom is -0.337 e. The molecule has 0 saturated carbocycles. The monoisotopic (exact) mass is 305 g/mol. The Morgan fingerprint density at radius 3 is 1.91 bits per heavy atom. The fraction of sp³-hybridized carbons (Fsp3) is 0.308. The van der Waals surface area contributed by atoms with Gasteiger partial charge >= 0.3 is 17.1 Å². The molecule has 0 fully saturated rings. The Balaban J connectivity index is 2.68. The predicted molar refractivity (Wildman–Crippen MR) is 77.8 cm³/mol. The molecule has 2 aromatic heterocycles. The summed E-state index contributed by atoms with van der Waals surface area (Å²) in [7, 11) is 0. The van der Waals surface area contributed by atoms with Gasteiger partial charge in [0.2, 0.25) is 5.89 Å². The molecule has 0 saturated heterocycles. The summed E-state index contributed by atoms with van der Waals surface area (Å²) in [5, 5.41) is 3.60. The van der Waals surface area contributed by atoms with Gasteiger partial charge in [-0.15, -0.1) is 13.2 Å². The molecule has 9 nitrogen and oxygen atoms in total. The van der Waals surface area contributed by atoms with Gasteiger partial charge in [-0.2, -0.15) is 4.98 Å². The number of hydrogen-bond donors (Lipinski definition) is 0. The summed E-state index contributed by atoms with van der Waals surface area (Å²) in [5.41, 5.74) is -2.23. The highest BCUT2D eigenvalue weighted by Gasteiger charge is 2.16. The lowest BCUT2D eigenvalue weighted by Gasteiger charge is -2.10. The SMILES string of the molecule is C=CCn1c(=O)n(CC=C)c(=O)n(Cc2nc(C)no2)c1=O. The lowest BCUT2D eigenvalue weighted by molar-refractivity contribution is 0.357. The van der Waals surface area contributed by atoms with Gasteiger partial charge < -0.3 is 4.52 Å². The number of allylic oxidation sites excluding steroid dienone is 2. The zero-order chi connectivity index (χ0) is 16.3. The van der Waals surface area contributed by atoms with Crippen LogP contribution in [0.4, 0.5) is 0 Å². The molecule has 0 radical (unpaired) electrons. The van der Waals surface area contributed by atoms with E-state index in [0.717, 1.165) is 13.7 Å². The molecule has 0 aromatic carbocycles. The van der Waals surface area contributed by atoms with Crippen LogP contribution >= 0.6 is 0 Å². The van der Waals surface area contributed by atoms with E-state index in [9.17, 15) is 14.4 Å². The maximum Gasteiger partial charge on any atom is 0.337 e. The van der Waals surface area contributed by atoms with Crippen LogP contribution in [0.2, 0.25) is 0 Å². The maximum atomic E-state index is 12.3. The molecular formula is C13H15N5O4. The lowest BCUT2D eigenvalue weighted by Crippen LogP contribution is -2.54. The minimum absolute atomic E-state index is 0.0159. The summed E-state index contributed by atoms with van der Waals surface area (Å²) < 4.78 is 7.58. The van der Waals surface area contributed by atoms with Crippen molar-refractivity contribution >= 4 is 0 Å². The average molecular weight is 305 g/mol. The van der Waals surface area contributed by atoms with E-state index < -0.39 is 17.1 Å². The Morgan fingerprint density at radius 2 is 1.50 bits per heavy atom. The number of aryl methyl sites for hydroxylation is 1. The number of rotatable bonds is 6. The predicted octanol–water partition coefficient (Wildman–Crippen LogP) is -0.717. The molecule has 2 rings (SSSR count). The molecule has 0 amide bonds. The normalized spacial score (nSPS) is 10.6. The summed E-state index contributed by atoms with van der Waals surface area (Å²) in [4.78, 5) is 40.7. The lowest BCUT2D eigenvalue weighted by atomic mass is 10.5. The second-order valence-corrected chi connectivity index (χ2v) is 4.47. The molecule has 9 heteroatoms. The zero-order valence-electron chi connectivity index (χ0n) is 12.1. The summed E-state index contributed by atoms with van der Waals surface area (Å²) in [6, 6.07) is 0. The van der Waals surface area contributed by atoms with Gasteiger partial charge in [-0.1, -0.05) is 17.3 Å². The first-order valence-electron chi connectivity index (χ1n) is 6.45. The third-order valence-corrected chi connectivity index (χ3v) is 2.87. The summed E-state index contributed by atoms with van der Waals surface area (Å²) >= 11 is 0. The van der Waals surface area contributed by atoms with E-state index in [2.05, 4.69) is 23.3 Å². The molecule has 0 spiro atoms. The van der Waals surface area contributed by atoms with Crippen molar-refractivity contribution in [2.24, 2.45) is 0 Å². The summed E-state index contributed by atoms with van der Waals surface area (Å²) in [5.74, 6) is 0.486. The highest BCUT2D eigenvalue weighted by molar-refractivity contribution is 4.89. The smallest absolute Gasteiger partial charge is 0.337 e. The van der Waals surface area contributed by atoms with Crippen LogP contribution in [0.1, 0.15) is 11.7 Å². The second-order valence-electron chi connectivity index (χ2n) is 4.47. The van der Waals surface area contributed by atoms with Crippen LogP contribution in [0.3, 0.4) is 0 Å². The Bertz CT molecular complexity index is 835. The second kappa shape index (κ2) is 6.20. The molecular weight excluding hydrogens is 290 g/mol. The molecule has 2 aromatic rings. The minimum atomic E-state index is -0.758. The van der Waals surface area contributed by atoms with Crippen molar-refractivity contribution in [1.82, 2.24) is 23.8 Å². The van der Waals surface area contributed by atoms with Gasteiger partial charge in [-0.3, -0.25) is 0 Å². The van der Waals surface area contributed by atoms with E-state index in [0.29, 0.717) is 5.82 Å². The van der Waals surface area contributed by atoms with Crippen molar-refractivity contribution in [1.29, 1.82) is 0 Å². The molecule has 0 aliphatic rings. The van der Waals surface area contributed by atoms with Crippen LogP contribution in [0.15, 0.2) is 44.2 Å². The highest BCUT2D eigenvalue weighted by Crippen LogP contribution is 1.96. The Morgan fingerprint density at radius 1 is 1.00 bits per heavy atom. The summed E-state index contributed by atoms with van der Waals surface area (Å²) in [6.07, 6.45) is 2.79. The van der Waals surface area contributed by atoms with Gasteiger partial charge in [0.05, 0.1) is 13.1 Å². The fourth-order valence-electron chi connectivity index (χ4n) is 1.93. The largest absolute Gasteiger partial charge is 0.337 e. The standard InChI is InChI=1S/C13H15N5O4/c1-4-6-16-11(19)17(7-5-2)13(21)18(12(16)20)8-10-14-9(3)15-22-10/h4-5H,1-2,6-8H2,3H3. The van der Waals surface area contributed by atoms with Crippen molar-refractivity contribution in [2.75, 3.05) is 0 Å². The first-order chi connectivity index (χ1) is 10.5. The first-order valence-corrected chi connectivity index (χ1v) is 6.45. The van der Waals surface area contributed by atoms with Gasteiger partial charge in [0.25, 0.3) is 0 Å². The molecule has 0 aliphatic carbocycles. The van der Waals surface area contributed by atoms with Crippen molar-refractivity contribution < 1.29 is 4.52 Å². The van der Waals surface area contributed by atoms with E-state index in [1.54, 1.807) is 6.92 Å². The highest BCUT2D eigenvalue weighted by atomic mass is 16.5. The van der Waals surface area contributed by atoms with Crippen molar-refractivity contribution in [3.63, 3.8) is 0 Å². The van der Waals surface area contributed by atoms with Crippen LogP contribution in [0, 0.1) is 6.92 Å². The number of aromatic nitrogens is 5. The molecule has 0 bridgehead atoms. The Kier molecular flexibility index (Phi) is 4.35. The van der Waals surface area contributed by atoms with Gasteiger partial charge in [0.15, 0.2) is 5.82 Å². The molecule has 0 N–H and O–H groups in total. The van der Waals surface area contributed by atoms with E-state index in [1.807, 2.05) is 0 Å². The topological polar surface area (TPSA) is 105 Å². The van der Waals surface area contributed by atoms with Crippen LogP contribution in [-0.4, -0.2) is 23.8 Å². The van der Waals surface area contributed by atoms with Gasteiger partial charge in [-0.05, 0) is 6.92 Å². The third kappa shape index (κ3) is 2.73. The van der Waals surface area contributed by atoms with E-state index in [1.165, 1.54) is 12.2 Å². The average Bonchev–Trinajstić information content (AvgIpc) is 2.90. The maximum absolute atomic E-state index is 12.3. The zero-order valence-corrected chi connectivity index (χ0v) is 12.1. The molecule has 0 unspecified atom stereocenters. The molecule has 116 valence electrons. The summed E-state index contributed by atoms with van der Waals surface area (Å²) in [6.45, 7) is 8.36. The van der Waals surface area contributed by atoms with Gasteiger partial charge in [-0.25, -0.2) is 28.1 Å². The van der Waals surface area contributed by atoms with Crippen molar-refractivity contribution in [2.45, 2.75) is 26.6 Å². The van der Waals surface area contributed by atoms with Crippen LogP contribution < -0.4 is 17.1 Å². The number of hydrogen-bond acceptors (Lipinski definition) is 6. The molecule has 0 atom stereocenters. The first kappa shape index (κ1) is 15.4. The van der Waals surface area contributed by atoms with E-state index in [4.69, 9.17) is 4.52 Å². The van der Waals surface area contributed by atoms with Crippen molar-refractivity contribution in [3.05, 3.63) is 68.5 Å². The Labute approximate surface area is 124 Å². The quantitative estimate of drug-likeness (QED) is 0.652. The van der Waals surface area contributed by atoms with E-state index >= 15 is 0 Å². The molecule has 0 aliphatic heterocycles. The van der Waals surface area contributed by atoms with Gasteiger partial charge in [0.1, 0.15) is 6.54 Å².